The quantitative estimate of drug-likeness (QED) is 0.855. The Morgan fingerprint density at radius 1 is 1.44 bits per heavy atom. The molecule has 16 heavy (non-hydrogen) atoms. The highest BCUT2D eigenvalue weighted by Gasteiger charge is 2.27. The maximum Gasteiger partial charge on any atom is 0.143 e. The Morgan fingerprint density at radius 3 is 3.00 bits per heavy atom. The number of nitrogens with zero attached hydrogens (tertiary/aromatic N) is 1. The second kappa shape index (κ2) is 3.81. The minimum atomic E-state index is -0.346. The van der Waals surface area contributed by atoms with Crippen LogP contribution in [0.3, 0.4) is 0 Å². The zero-order valence-corrected chi connectivity index (χ0v) is 9.73. The van der Waals surface area contributed by atoms with Gasteiger partial charge in [-0.15, -0.1) is 0 Å². The molecule has 4 heteroatoms. The fourth-order valence-corrected chi connectivity index (χ4v) is 2.35. The molecular weight excluding hydrogens is 227 g/mol. The highest BCUT2D eigenvalue weighted by atomic mass is 35.5. The Balaban J connectivity index is 1.93. The first-order chi connectivity index (χ1) is 7.74. The van der Waals surface area contributed by atoms with Crippen molar-refractivity contribution in [3.05, 3.63) is 23.0 Å². The van der Waals surface area contributed by atoms with Crippen LogP contribution in [0.2, 0.25) is 5.02 Å². The molecule has 0 spiro atoms. The van der Waals surface area contributed by atoms with Gasteiger partial charge < -0.3 is 10.2 Å². The zero-order chi connectivity index (χ0) is 11.1. The highest BCUT2D eigenvalue weighted by molar-refractivity contribution is 6.31. The van der Waals surface area contributed by atoms with Gasteiger partial charge in [0, 0.05) is 25.7 Å². The molecule has 1 aromatic rings. The van der Waals surface area contributed by atoms with E-state index in [0.29, 0.717) is 0 Å². The van der Waals surface area contributed by atoms with Gasteiger partial charge in [-0.05, 0) is 24.8 Å². The Kier molecular flexibility index (Phi) is 2.43. The van der Waals surface area contributed by atoms with Crippen molar-refractivity contribution in [2.24, 2.45) is 5.92 Å². The van der Waals surface area contributed by atoms with Crippen LogP contribution in [0.15, 0.2) is 12.1 Å². The van der Waals surface area contributed by atoms with Crippen LogP contribution in [-0.4, -0.2) is 19.6 Å². The van der Waals surface area contributed by atoms with E-state index in [2.05, 4.69) is 10.2 Å². The predicted octanol–water partition coefficient (Wildman–Crippen LogP) is 3.12. The Hall–Kier alpha value is -0.960. The van der Waals surface area contributed by atoms with Crippen LogP contribution in [0.4, 0.5) is 15.8 Å². The topological polar surface area (TPSA) is 15.3 Å². The van der Waals surface area contributed by atoms with Gasteiger partial charge in [-0.25, -0.2) is 4.39 Å². The number of halogens is 2. The smallest absolute Gasteiger partial charge is 0.143 e. The van der Waals surface area contributed by atoms with Gasteiger partial charge in [-0.3, -0.25) is 0 Å². The van der Waals surface area contributed by atoms with Gasteiger partial charge in [0.15, 0.2) is 0 Å². The average molecular weight is 241 g/mol. The first-order valence-electron chi connectivity index (χ1n) is 5.72. The van der Waals surface area contributed by atoms with E-state index < -0.39 is 0 Å². The van der Waals surface area contributed by atoms with Crippen molar-refractivity contribution in [1.29, 1.82) is 0 Å². The van der Waals surface area contributed by atoms with Crippen molar-refractivity contribution in [1.82, 2.24) is 0 Å². The number of benzene rings is 1. The van der Waals surface area contributed by atoms with Crippen LogP contribution in [0.1, 0.15) is 12.8 Å². The molecule has 2 nitrogen and oxygen atoms in total. The predicted molar refractivity (Wildman–Crippen MR) is 64.8 cm³/mol. The third-order valence-electron chi connectivity index (χ3n) is 3.25. The van der Waals surface area contributed by atoms with E-state index in [9.17, 15) is 4.39 Å². The standard InChI is InChI=1S/C12H14ClFN2/c13-9-5-12-11(6-10(9)14)15-3-4-16(12)7-8-1-2-8/h5-6,8,15H,1-4,7H2. The number of hydrogen-bond donors (Lipinski definition) is 1. The van der Waals surface area contributed by atoms with E-state index in [-0.39, 0.29) is 10.8 Å². The van der Waals surface area contributed by atoms with E-state index in [0.717, 1.165) is 36.9 Å². The van der Waals surface area contributed by atoms with Crippen LogP contribution in [-0.2, 0) is 0 Å². The molecule has 1 fully saturated rings. The molecule has 1 saturated carbocycles. The van der Waals surface area contributed by atoms with Crippen molar-refractivity contribution in [3.63, 3.8) is 0 Å². The van der Waals surface area contributed by atoms with E-state index in [4.69, 9.17) is 11.6 Å². The van der Waals surface area contributed by atoms with Gasteiger partial charge in [0.2, 0.25) is 0 Å². The minimum absolute atomic E-state index is 0.211. The van der Waals surface area contributed by atoms with E-state index >= 15 is 0 Å². The molecule has 0 radical (unpaired) electrons. The number of nitrogens with one attached hydrogen (secondary N) is 1. The highest BCUT2D eigenvalue weighted by Crippen LogP contribution is 2.37. The summed E-state index contributed by atoms with van der Waals surface area (Å²) in [6, 6.07) is 3.23. The van der Waals surface area contributed by atoms with Crippen molar-refractivity contribution in [2.45, 2.75) is 12.8 Å². The lowest BCUT2D eigenvalue weighted by atomic mass is 10.2. The van der Waals surface area contributed by atoms with Gasteiger partial charge in [0.25, 0.3) is 0 Å². The number of fused-ring (bicyclic) bond motifs is 1. The van der Waals surface area contributed by atoms with E-state index in [1.807, 2.05) is 0 Å². The summed E-state index contributed by atoms with van der Waals surface area (Å²) in [7, 11) is 0. The molecule has 3 rings (SSSR count). The normalized spacial score (nSPS) is 19.2. The SMILES string of the molecule is Fc1cc2c(cc1Cl)N(CC1CC1)CCN2. The van der Waals surface area contributed by atoms with Gasteiger partial charge in [0.05, 0.1) is 16.4 Å². The number of hydrogen-bond acceptors (Lipinski definition) is 2. The summed E-state index contributed by atoms with van der Waals surface area (Å²) in [6.45, 7) is 2.93. The maximum atomic E-state index is 13.3. The lowest BCUT2D eigenvalue weighted by Gasteiger charge is -2.32. The first-order valence-corrected chi connectivity index (χ1v) is 6.09. The van der Waals surface area contributed by atoms with Crippen LogP contribution in [0.5, 0.6) is 0 Å². The van der Waals surface area contributed by atoms with Crippen molar-refractivity contribution in [3.8, 4) is 0 Å². The Labute approximate surface area is 99.4 Å². The summed E-state index contributed by atoms with van der Waals surface area (Å²) in [6.07, 6.45) is 2.66. The number of rotatable bonds is 2. The monoisotopic (exact) mass is 240 g/mol. The fraction of sp³-hybridized carbons (Fsp3) is 0.500. The lowest BCUT2D eigenvalue weighted by Crippen LogP contribution is -2.35. The molecule has 0 bridgehead atoms. The molecule has 1 heterocycles. The largest absolute Gasteiger partial charge is 0.382 e. The molecule has 0 amide bonds. The van der Waals surface area contributed by atoms with Crippen LogP contribution >= 0.6 is 11.6 Å². The molecule has 1 aliphatic carbocycles. The van der Waals surface area contributed by atoms with Crippen molar-refractivity contribution >= 4 is 23.0 Å². The lowest BCUT2D eigenvalue weighted by molar-refractivity contribution is 0.626. The fourth-order valence-electron chi connectivity index (χ4n) is 2.19. The molecule has 0 aromatic heterocycles. The molecular formula is C12H14ClFN2. The van der Waals surface area contributed by atoms with Crippen LogP contribution in [0.25, 0.3) is 0 Å². The maximum absolute atomic E-state index is 13.3. The molecule has 1 aliphatic heterocycles. The third kappa shape index (κ3) is 1.84. The molecule has 1 aromatic carbocycles. The third-order valence-corrected chi connectivity index (χ3v) is 3.54. The zero-order valence-electron chi connectivity index (χ0n) is 8.97. The van der Waals surface area contributed by atoms with Gasteiger partial charge in [-0.2, -0.15) is 0 Å². The Morgan fingerprint density at radius 2 is 2.25 bits per heavy atom. The van der Waals surface area contributed by atoms with Crippen molar-refractivity contribution in [2.75, 3.05) is 29.9 Å². The number of anilines is 2. The summed E-state index contributed by atoms with van der Waals surface area (Å²) in [5, 5.41) is 3.43. The summed E-state index contributed by atoms with van der Waals surface area (Å²) >= 11 is 5.83. The van der Waals surface area contributed by atoms with Crippen LogP contribution in [0, 0.1) is 11.7 Å². The molecule has 2 aliphatic rings. The van der Waals surface area contributed by atoms with Gasteiger partial charge >= 0.3 is 0 Å². The summed E-state index contributed by atoms with van der Waals surface area (Å²) < 4.78 is 13.3. The van der Waals surface area contributed by atoms with Gasteiger partial charge in [0.1, 0.15) is 5.82 Å². The summed E-state index contributed by atoms with van der Waals surface area (Å²) in [5.74, 6) is 0.482. The summed E-state index contributed by atoms with van der Waals surface area (Å²) in [5.41, 5.74) is 1.92. The van der Waals surface area contributed by atoms with Crippen LogP contribution < -0.4 is 10.2 Å². The summed E-state index contributed by atoms with van der Waals surface area (Å²) in [4.78, 5) is 2.31. The second-order valence-corrected chi connectivity index (χ2v) is 5.01. The van der Waals surface area contributed by atoms with E-state index in [1.54, 1.807) is 6.07 Å². The second-order valence-electron chi connectivity index (χ2n) is 4.60. The van der Waals surface area contributed by atoms with Gasteiger partial charge in [-0.1, -0.05) is 11.6 Å². The minimum Gasteiger partial charge on any atom is -0.382 e. The molecule has 86 valence electrons. The van der Waals surface area contributed by atoms with Crippen molar-refractivity contribution < 1.29 is 4.39 Å². The molecule has 0 unspecified atom stereocenters. The molecule has 1 N–H and O–H groups in total. The first kappa shape index (κ1) is 10.2. The van der Waals surface area contributed by atoms with E-state index in [1.165, 1.54) is 18.9 Å². The molecule has 0 saturated heterocycles. The average Bonchev–Trinajstić information content (AvgIpc) is 3.05. The molecule has 0 atom stereocenters. The Bertz CT molecular complexity index is 418.